The van der Waals surface area contributed by atoms with E-state index in [1.807, 2.05) is 0 Å². The Bertz CT molecular complexity index is 803. The van der Waals surface area contributed by atoms with E-state index in [-0.39, 0.29) is 42.4 Å². The molecular weight excluding hydrogens is 408 g/mol. The molecule has 0 aliphatic carbocycles. The minimum atomic E-state index is -0.801. The number of amides is 2. The first-order valence-corrected chi connectivity index (χ1v) is 9.65. The summed E-state index contributed by atoms with van der Waals surface area (Å²) in [7, 11) is 1.55. The Balaban J connectivity index is 2.84. The maximum absolute atomic E-state index is 11.6. The van der Waals surface area contributed by atoms with Gasteiger partial charge < -0.3 is 30.6 Å². The van der Waals surface area contributed by atoms with E-state index in [0.717, 1.165) is 6.07 Å². The molecular formula is C20H30N4O7. The second kappa shape index (κ2) is 12.4. The molecule has 0 aromatic heterocycles. The summed E-state index contributed by atoms with van der Waals surface area (Å²) in [6.07, 6.45) is 3.35. The summed E-state index contributed by atoms with van der Waals surface area (Å²) in [6, 6.07) is 2.46. The molecule has 0 atom stereocenters. The highest BCUT2D eigenvalue weighted by molar-refractivity contribution is 5.95. The van der Waals surface area contributed by atoms with Gasteiger partial charge in [-0.25, -0.2) is 4.79 Å². The standard InChI is InChI=1S/C20H30N4O7/c1-20(2,3)31-19(26)23-9-6-5-8-22-17-15(24(27)28)12-14(18(21)25)13-16(17)30-11-7-10-29-4/h5-6,12-13,22H,7-11H2,1-4H3,(H2,21,25)(H,23,26)/b6-5+. The van der Waals surface area contributed by atoms with Crippen LogP contribution in [0.15, 0.2) is 24.3 Å². The summed E-state index contributed by atoms with van der Waals surface area (Å²) >= 11 is 0. The lowest BCUT2D eigenvalue weighted by atomic mass is 10.1. The molecule has 0 fully saturated rings. The van der Waals surface area contributed by atoms with Crippen LogP contribution in [0, 0.1) is 10.1 Å². The third-order valence-corrected chi connectivity index (χ3v) is 3.64. The van der Waals surface area contributed by atoms with E-state index < -0.39 is 22.5 Å². The summed E-state index contributed by atoms with van der Waals surface area (Å²) in [5.74, 6) is -0.663. The van der Waals surface area contributed by atoms with Crippen molar-refractivity contribution >= 4 is 23.4 Å². The van der Waals surface area contributed by atoms with E-state index in [2.05, 4.69) is 10.6 Å². The molecule has 0 unspecified atom stereocenters. The molecule has 0 saturated carbocycles. The minimum absolute atomic E-state index is 0.0314. The van der Waals surface area contributed by atoms with Crippen LogP contribution in [0.1, 0.15) is 37.6 Å². The van der Waals surface area contributed by atoms with Gasteiger partial charge in [-0.15, -0.1) is 0 Å². The van der Waals surface area contributed by atoms with Crippen molar-refractivity contribution in [3.63, 3.8) is 0 Å². The van der Waals surface area contributed by atoms with E-state index in [1.165, 1.54) is 6.07 Å². The van der Waals surface area contributed by atoms with Crippen LogP contribution in [-0.2, 0) is 9.47 Å². The van der Waals surface area contributed by atoms with E-state index in [9.17, 15) is 19.7 Å². The first-order valence-electron chi connectivity index (χ1n) is 9.65. The smallest absolute Gasteiger partial charge is 0.407 e. The van der Waals surface area contributed by atoms with E-state index in [0.29, 0.717) is 13.0 Å². The number of benzene rings is 1. The number of nitro groups is 1. The Labute approximate surface area is 181 Å². The lowest BCUT2D eigenvalue weighted by Crippen LogP contribution is -2.32. The van der Waals surface area contributed by atoms with Crippen LogP contribution in [0.2, 0.25) is 0 Å². The molecule has 0 aliphatic rings. The summed E-state index contributed by atoms with van der Waals surface area (Å²) in [5, 5.41) is 17.0. The molecule has 0 heterocycles. The predicted octanol–water partition coefficient (Wildman–Crippen LogP) is 2.60. The summed E-state index contributed by atoms with van der Waals surface area (Å²) in [4.78, 5) is 34.0. The number of nitro benzene ring substituents is 1. The maximum Gasteiger partial charge on any atom is 0.407 e. The van der Waals surface area contributed by atoms with Crippen LogP contribution in [0.4, 0.5) is 16.2 Å². The van der Waals surface area contributed by atoms with Gasteiger partial charge in [0.1, 0.15) is 11.4 Å². The van der Waals surface area contributed by atoms with Gasteiger partial charge in [0.15, 0.2) is 5.69 Å². The van der Waals surface area contributed by atoms with Crippen molar-refractivity contribution in [3.8, 4) is 5.75 Å². The number of nitrogens with two attached hydrogens (primary N) is 1. The lowest BCUT2D eigenvalue weighted by Gasteiger charge is -2.19. The predicted molar refractivity (Wildman–Crippen MR) is 115 cm³/mol. The van der Waals surface area contributed by atoms with Crippen molar-refractivity contribution in [2.24, 2.45) is 5.73 Å². The Hall–Kier alpha value is -3.34. The Kier molecular flexibility index (Phi) is 10.3. The highest BCUT2D eigenvalue weighted by atomic mass is 16.6. The molecule has 31 heavy (non-hydrogen) atoms. The first-order chi connectivity index (χ1) is 14.5. The van der Waals surface area contributed by atoms with Gasteiger partial charge in [-0.2, -0.15) is 0 Å². The minimum Gasteiger partial charge on any atom is -0.491 e. The number of ether oxygens (including phenoxy) is 3. The molecule has 11 nitrogen and oxygen atoms in total. The van der Waals surface area contributed by atoms with E-state index in [4.69, 9.17) is 19.9 Å². The van der Waals surface area contributed by atoms with Crippen LogP contribution in [0.5, 0.6) is 5.75 Å². The van der Waals surface area contributed by atoms with Crippen LogP contribution >= 0.6 is 0 Å². The van der Waals surface area contributed by atoms with Crippen molar-refractivity contribution in [3.05, 3.63) is 40.0 Å². The van der Waals surface area contributed by atoms with Crippen molar-refractivity contribution in [2.75, 3.05) is 38.7 Å². The van der Waals surface area contributed by atoms with Gasteiger partial charge in [-0.05, 0) is 26.8 Å². The van der Waals surface area contributed by atoms with Gasteiger partial charge in [-0.1, -0.05) is 12.2 Å². The lowest BCUT2D eigenvalue weighted by molar-refractivity contribution is -0.384. The van der Waals surface area contributed by atoms with Gasteiger partial charge in [0, 0.05) is 44.9 Å². The summed E-state index contributed by atoms with van der Waals surface area (Å²) in [5.41, 5.74) is 4.45. The van der Waals surface area contributed by atoms with Crippen molar-refractivity contribution in [2.45, 2.75) is 32.8 Å². The fourth-order valence-electron chi connectivity index (χ4n) is 2.35. The van der Waals surface area contributed by atoms with Crippen molar-refractivity contribution in [1.82, 2.24) is 5.32 Å². The molecule has 172 valence electrons. The number of alkyl carbamates (subject to hydrolysis) is 1. The second-order valence-corrected chi connectivity index (χ2v) is 7.42. The molecule has 2 amide bonds. The Morgan fingerprint density at radius 3 is 2.45 bits per heavy atom. The molecule has 1 aromatic rings. The summed E-state index contributed by atoms with van der Waals surface area (Å²) < 4.78 is 15.7. The van der Waals surface area contributed by atoms with Crippen molar-refractivity contribution < 1.29 is 28.7 Å². The first kappa shape index (κ1) is 25.7. The SMILES string of the molecule is COCCCOc1cc(C(N)=O)cc([N+](=O)[O-])c1NC/C=C/CNC(=O)OC(C)(C)C. The number of nitrogens with zero attached hydrogens (tertiary/aromatic N) is 1. The quantitative estimate of drug-likeness (QED) is 0.195. The molecule has 0 saturated heterocycles. The topological polar surface area (TPSA) is 155 Å². The number of hydrogen-bond donors (Lipinski definition) is 3. The zero-order valence-electron chi connectivity index (χ0n) is 18.2. The number of carbonyl (C=O) groups excluding carboxylic acids is 2. The fraction of sp³-hybridized carbons (Fsp3) is 0.500. The molecule has 0 radical (unpaired) electrons. The Morgan fingerprint density at radius 2 is 1.87 bits per heavy atom. The van der Waals surface area contributed by atoms with Gasteiger partial charge in [-0.3, -0.25) is 14.9 Å². The van der Waals surface area contributed by atoms with E-state index >= 15 is 0 Å². The number of hydrogen-bond acceptors (Lipinski definition) is 8. The van der Waals surface area contributed by atoms with Gasteiger partial charge >= 0.3 is 6.09 Å². The third-order valence-electron chi connectivity index (χ3n) is 3.64. The van der Waals surface area contributed by atoms with Crippen molar-refractivity contribution in [1.29, 1.82) is 0 Å². The number of rotatable bonds is 12. The Morgan fingerprint density at radius 1 is 1.19 bits per heavy atom. The number of carbonyl (C=O) groups is 2. The molecule has 0 spiro atoms. The monoisotopic (exact) mass is 438 g/mol. The largest absolute Gasteiger partial charge is 0.491 e. The number of primary amides is 1. The maximum atomic E-state index is 11.6. The second-order valence-electron chi connectivity index (χ2n) is 7.42. The normalized spacial score (nSPS) is 11.2. The van der Waals surface area contributed by atoms with Crippen LogP contribution in [0.25, 0.3) is 0 Å². The molecule has 1 rings (SSSR count). The highest BCUT2D eigenvalue weighted by Gasteiger charge is 2.22. The number of anilines is 1. The average molecular weight is 438 g/mol. The summed E-state index contributed by atoms with van der Waals surface area (Å²) in [6.45, 7) is 6.40. The van der Waals surface area contributed by atoms with Gasteiger partial charge in [0.2, 0.25) is 5.91 Å². The molecule has 1 aromatic carbocycles. The fourth-order valence-corrected chi connectivity index (χ4v) is 2.35. The average Bonchev–Trinajstić information content (AvgIpc) is 2.66. The highest BCUT2D eigenvalue weighted by Crippen LogP contribution is 2.36. The van der Waals surface area contributed by atoms with Crippen LogP contribution in [-0.4, -0.2) is 55.9 Å². The zero-order chi connectivity index (χ0) is 23.4. The molecule has 0 bridgehead atoms. The van der Waals surface area contributed by atoms with Gasteiger partial charge in [0.05, 0.1) is 11.5 Å². The van der Waals surface area contributed by atoms with Crippen LogP contribution in [0.3, 0.4) is 0 Å². The van der Waals surface area contributed by atoms with Crippen LogP contribution < -0.4 is 21.1 Å². The number of methoxy groups -OCH3 is 1. The number of nitrogens with one attached hydrogen (secondary N) is 2. The zero-order valence-corrected chi connectivity index (χ0v) is 18.2. The van der Waals surface area contributed by atoms with E-state index in [1.54, 1.807) is 40.0 Å². The van der Waals surface area contributed by atoms with Gasteiger partial charge in [0.25, 0.3) is 5.69 Å². The molecule has 0 aliphatic heterocycles. The molecule has 11 heteroatoms. The molecule has 4 N–H and O–H groups in total. The third kappa shape index (κ3) is 9.81.